The Kier molecular flexibility index (Phi) is 7.11. The minimum absolute atomic E-state index is 0.395. The van der Waals surface area contributed by atoms with Crippen molar-refractivity contribution in [3.05, 3.63) is 96.3 Å². The van der Waals surface area contributed by atoms with Crippen molar-refractivity contribution in [1.29, 1.82) is 0 Å². The van der Waals surface area contributed by atoms with Gasteiger partial charge in [-0.05, 0) is 53.6 Å². The van der Waals surface area contributed by atoms with Crippen LogP contribution in [0.25, 0.3) is 22.4 Å². The second kappa shape index (κ2) is 10.4. The Labute approximate surface area is 196 Å². The van der Waals surface area contributed by atoms with E-state index in [9.17, 15) is 13.2 Å². The van der Waals surface area contributed by atoms with Gasteiger partial charge in [0.1, 0.15) is 5.75 Å². The van der Waals surface area contributed by atoms with Crippen LogP contribution in [0.2, 0.25) is 0 Å². The summed E-state index contributed by atoms with van der Waals surface area (Å²) >= 11 is 0. The lowest BCUT2D eigenvalue weighted by molar-refractivity contribution is -0.139. The van der Waals surface area contributed by atoms with Crippen LogP contribution in [0.1, 0.15) is 17.7 Å². The number of ether oxygens (including phenoxy) is 2. The molecule has 34 heavy (non-hydrogen) atoms. The van der Waals surface area contributed by atoms with Crippen LogP contribution in [0, 0.1) is 0 Å². The molecule has 0 saturated carbocycles. The second-order valence-corrected chi connectivity index (χ2v) is 7.68. The Morgan fingerprint density at radius 3 is 2.29 bits per heavy atom. The SMILES string of the molecule is COc1ccc(-c2ccccc2Cc2cccc(-c3ccc(OCCC(F)(F)F)cc3)n2)cn1. The predicted octanol–water partition coefficient (Wildman–Crippen LogP) is 6.74. The highest BCUT2D eigenvalue weighted by atomic mass is 19.4. The van der Waals surface area contributed by atoms with E-state index in [4.69, 9.17) is 14.5 Å². The smallest absolute Gasteiger partial charge is 0.392 e. The van der Waals surface area contributed by atoms with E-state index in [0.717, 1.165) is 33.6 Å². The average molecular weight is 464 g/mol. The lowest BCUT2D eigenvalue weighted by atomic mass is 9.97. The molecule has 4 nitrogen and oxygen atoms in total. The third kappa shape index (κ3) is 6.13. The molecule has 4 aromatic rings. The molecule has 0 saturated heterocycles. The molecular formula is C27H23F3N2O2. The molecule has 0 aliphatic heterocycles. The molecule has 2 aromatic carbocycles. The zero-order valence-electron chi connectivity index (χ0n) is 18.5. The van der Waals surface area contributed by atoms with Crippen LogP contribution in [0.4, 0.5) is 13.2 Å². The summed E-state index contributed by atoms with van der Waals surface area (Å²) in [6.45, 7) is -0.403. The number of hydrogen-bond donors (Lipinski definition) is 0. The van der Waals surface area contributed by atoms with Crippen molar-refractivity contribution in [1.82, 2.24) is 9.97 Å². The van der Waals surface area contributed by atoms with Gasteiger partial charge in [0.15, 0.2) is 0 Å². The largest absolute Gasteiger partial charge is 0.493 e. The third-order valence-electron chi connectivity index (χ3n) is 5.26. The summed E-state index contributed by atoms with van der Waals surface area (Å²) < 4.78 is 47.2. The van der Waals surface area contributed by atoms with Crippen LogP contribution in [-0.2, 0) is 6.42 Å². The van der Waals surface area contributed by atoms with Gasteiger partial charge in [0.2, 0.25) is 5.88 Å². The van der Waals surface area contributed by atoms with Gasteiger partial charge >= 0.3 is 6.18 Å². The number of halogens is 3. The highest BCUT2D eigenvalue weighted by Crippen LogP contribution is 2.27. The molecule has 4 rings (SSSR count). The highest BCUT2D eigenvalue weighted by molar-refractivity contribution is 5.67. The minimum atomic E-state index is -4.23. The summed E-state index contributed by atoms with van der Waals surface area (Å²) in [7, 11) is 1.59. The van der Waals surface area contributed by atoms with Crippen LogP contribution >= 0.6 is 0 Å². The van der Waals surface area contributed by atoms with Crippen LogP contribution in [-0.4, -0.2) is 29.9 Å². The van der Waals surface area contributed by atoms with Gasteiger partial charge < -0.3 is 9.47 Å². The van der Waals surface area contributed by atoms with Crippen molar-refractivity contribution in [2.45, 2.75) is 19.0 Å². The van der Waals surface area contributed by atoms with E-state index >= 15 is 0 Å². The topological polar surface area (TPSA) is 44.2 Å². The summed E-state index contributed by atoms with van der Waals surface area (Å²) in [6.07, 6.45) is -2.78. The zero-order valence-corrected chi connectivity index (χ0v) is 18.5. The summed E-state index contributed by atoms with van der Waals surface area (Å²) in [4.78, 5) is 9.11. The van der Waals surface area contributed by atoms with Crippen molar-refractivity contribution >= 4 is 0 Å². The molecule has 7 heteroatoms. The first-order chi connectivity index (χ1) is 16.4. The summed E-state index contributed by atoms with van der Waals surface area (Å²) in [5, 5.41) is 0. The minimum Gasteiger partial charge on any atom is -0.493 e. The second-order valence-electron chi connectivity index (χ2n) is 7.68. The number of benzene rings is 2. The number of nitrogens with zero attached hydrogens (tertiary/aromatic N) is 2. The van der Waals surface area contributed by atoms with E-state index in [1.807, 2.05) is 42.5 Å². The first kappa shape index (κ1) is 23.3. The lowest BCUT2D eigenvalue weighted by Crippen LogP contribution is -2.12. The van der Waals surface area contributed by atoms with Gasteiger partial charge in [0.25, 0.3) is 0 Å². The quantitative estimate of drug-likeness (QED) is 0.290. The van der Waals surface area contributed by atoms with Crippen molar-refractivity contribution in [3.8, 4) is 34.0 Å². The maximum Gasteiger partial charge on any atom is 0.392 e. The van der Waals surface area contributed by atoms with E-state index < -0.39 is 19.2 Å². The summed E-state index contributed by atoms with van der Waals surface area (Å²) in [5.41, 5.74) is 5.73. The first-order valence-corrected chi connectivity index (χ1v) is 10.8. The van der Waals surface area contributed by atoms with Crippen LogP contribution in [0.15, 0.2) is 85.1 Å². The molecule has 2 aromatic heterocycles. The van der Waals surface area contributed by atoms with Gasteiger partial charge in [0.05, 0.1) is 25.8 Å². The standard InChI is InChI=1S/C27H23F3N2O2/c1-33-26-14-11-21(18-31-26)24-7-3-2-5-20(24)17-22-6-4-8-25(32-22)19-9-12-23(13-10-19)34-16-15-27(28,29)30/h2-14,18H,15-17H2,1H3. The van der Waals surface area contributed by atoms with Gasteiger partial charge in [-0.15, -0.1) is 0 Å². The Morgan fingerprint density at radius 2 is 1.59 bits per heavy atom. The Morgan fingerprint density at radius 1 is 0.824 bits per heavy atom. The highest BCUT2D eigenvalue weighted by Gasteiger charge is 2.26. The number of pyridine rings is 2. The molecule has 174 valence electrons. The number of alkyl halides is 3. The van der Waals surface area contributed by atoms with Gasteiger partial charge in [0, 0.05) is 35.5 Å². The molecule has 0 spiro atoms. The fourth-order valence-electron chi connectivity index (χ4n) is 3.56. The van der Waals surface area contributed by atoms with Crippen LogP contribution in [0.5, 0.6) is 11.6 Å². The van der Waals surface area contributed by atoms with Gasteiger partial charge in [-0.3, -0.25) is 4.98 Å². The molecule has 0 radical (unpaired) electrons. The fraction of sp³-hybridized carbons (Fsp3) is 0.185. The number of methoxy groups -OCH3 is 1. The molecule has 0 aliphatic carbocycles. The Hall–Kier alpha value is -3.87. The molecule has 0 aliphatic rings. The van der Waals surface area contributed by atoms with Crippen LogP contribution in [0.3, 0.4) is 0 Å². The van der Waals surface area contributed by atoms with E-state index in [1.54, 1.807) is 37.6 Å². The van der Waals surface area contributed by atoms with Crippen LogP contribution < -0.4 is 9.47 Å². The molecule has 0 bridgehead atoms. The Balaban J connectivity index is 1.49. The van der Waals surface area contributed by atoms with Gasteiger partial charge in [-0.1, -0.05) is 30.3 Å². The molecule has 0 N–H and O–H groups in total. The van der Waals surface area contributed by atoms with E-state index in [-0.39, 0.29) is 0 Å². The van der Waals surface area contributed by atoms with Crippen molar-refractivity contribution < 1.29 is 22.6 Å². The lowest BCUT2D eigenvalue weighted by Gasteiger charge is -2.11. The van der Waals surface area contributed by atoms with E-state index in [0.29, 0.717) is 18.1 Å². The molecule has 0 unspecified atom stereocenters. The van der Waals surface area contributed by atoms with Crippen molar-refractivity contribution in [2.75, 3.05) is 13.7 Å². The first-order valence-electron chi connectivity index (χ1n) is 10.8. The van der Waals surface area contributed by atoms with E-state index in [1.165, 1.54) is 0 Å². The Bertz CT molecular complexity index is 1220. The third-order valence-corrected chi connectivity index (χ3v) is 5.26. The van der Waals surface area contributed by atoms with E-state index in [2.05, 4.69) is 17.1 Å². The van der Waals surface area contributed by atoms with Crippen molar-refractivity contribution in [2.24, 2.45) is 0 Å². The molecule has 0 amide bonds. The molecule has 2 heterocycles. The fourth-order valence-corrected chi connectivity index (χ4v) is 3.56. The summed E-state index contributed by atoms with van der Waals surface area (Å²) in [6, 6.07) is 24.7. The number of rotatable bonds is 8. The molecule has 0 fully saturated rings. The maximum absolute atomic E-state index is 12.3. The number of aromatic nitrogens is 2. The molecular weight excluding hydrogens is 441 g/mol. The predicted molar refractivity (Wildman–Crippen MR) is 125 cm³/mol. The normalized spacial score (nSPS) is 11.3. The zero-order chi connectivity index (χ0) is 24.0. The van der Waals surface area contributed by atoms with Crippen molar-refractivity contribution in [3.63, 3.8) is 0 Å². The monoisotopic (exact) mass is 464 g/mol. The average Bonchev–Trinajstić information content (AvgIpc) is 2.84. The van der Waals surface area contributed by atoms with Gasteiger partial charge in [-0.25, -0.2) is 4.98 Å². The summed E-state index contributed by atoms with van der Waals surface area (Å²) in [5.74, 6) is 0.957. The van der Waals surface area contributed by atoms with Gasteiger partial charge in [-0.2, -0.15) is 13.2 Å². The number of hydrogen-bond acceptors (Lipinski definition) is 4. The molecule has 0 atom stereocenters. The maximum atomic E-state index is 12.3.